The van der Waals surface area contributed by atoms with Crippen molar-refractivity contribution in [2.24, 2.45) is 5.73 Å². The summed E-state index contributed by atoms with van der Waals surface area (Å²) in [5.74, 6) is 2.02. The summed E-state index contributed by atoms with van der Waals surface area (Å²) < 4.78 is 12.7. The number of amides is 1. The molecule has 2 aliphatic heterocycles. The maximum absolute atomic E-state index is 12.7. The van der Waals surface area contributed by atoms with Gasteiger partial charge in [0.05, 0.1) is 22.0 Å². The molecule has 34 heavy (non-hydrogen) atoms. The number of nitrogens with one attached hydrogen (secondary N) is 2. The molecule has 0 spiro atoms. The van der Waals surface area contributed by atoms with Gasteiger partial charge in [0.1, 0.15) is 10.7 Å². The van der Waals surface area contributed by atoms with Crippen LogP contribution in [-0.4, -0.2) is 55.2 Å². The van der Waals surface area contributed by atoms with Crippen molar-refractivity contribution in [1.29, 1.82) is 0 Å². The van der Waals surface area contributed by atoms with Gasteiger partial charge >= 0.3 is 0 Å². The van der Waals surface area contributed by atoms with Gasteiger partial charge in [-0.25, -0.2) is 4.98 Å². The van der Waals surface area contributed by atoms with Crippen LogP contribution in [0.1, 0.15) is 56.3 Å². The lowest BCUT2D eigenvalue weighted by molar-refractivity contribution is -0.118. The average molecular weight is 482 g/mol. The molecular formula is C24H31N7O2S. The van der Waals surface area contributed by atoms with Gasteiger partial charge in [0.25, 0.3) is 0 Å². The number of carbonyl (C=O) groups excluding carboxylic acids is 1. The smallest absolute Gasteiger partial charge is 0.227 e. The number of H-pyrrole nitrogens is 1. The number of hydrogen-bond acceptors (Lipinski definition) is 7. The third-order valence-electron chi connectivity index (χ3n) is 6.93. The number of nitrogens with two attached hydrogens (primary N) is 1. The summed E-state index contributed by atoms with van der Waals surface area (Å²) in [6.07, 6.45) is 4.41. The van der Waals surface area contributed by atoms with Crippen molar-refractivity contribution in [2.45, 2.75) is 62.3 Å². The molecule has 1 saturated heterocycles. The molecule has 1 aromatic carbocycles. The summed E-state index contributed by atoms with van der Waals surface area (Å²) in [6.45, 7) is 3.75. The molecule has 1 fully saturated rings. The summed E-state index contributed by atoms with van der Waals surface area (Å²) in [5, 5.41) is 12.4. The van der Waals surface area contributed by atoms with E-state index in [1.165, 1.54) is 11.1 Å². The first-order valence-corrected chi connectivity index (χ1v) is 13.4. The lowest BCUT2D eigenvalue weighted by atomic mass is 9.92. The van der Waals surface area contributed by atoms with Gasteiger partial charge in [-0.1, -0.05) is 25.1 Å². The van der Waals surface area contributed by atoms with Crippen LogP contribution in [0.15, 0.2) is 29.2 Å². The molecule has 180 valence electrons. The molecule has 1 amide bonds. The van der Waals surface area contributed by atoms with Crippen LogP contribution in [0, 0.1) is 0 Å². The summed E-state index contributed by atoms with van der Waals surface area (Å²) in [6, 6.07) is 8.27. The first-order chi connectivity index (χ1) is 16.5. The highest BCUT2D eigenvalue weighted by atomic mass is 32.2. The highest BCUT2D eigenvalue weighted by Crippen LogP contribution is 2.35. The first kappa shape index (κ1) is 22.8. The Morgan fingerprint density at radius 1 is 1.29 bits per heavy atom. The lowest BCUT2D eigenvalue weighted by Gasteiger charge is -2.32. The van der Waals surface area contributed by atoms with E-state index in [9.17, 15) is 9.00 Å². The molecule has 2 aliphatic rings. The number of rotatable bonds is 8. The van der Waals surface area contributed by atoms with Crippen LogP contribution in [0.25, 0.3) is 10.9 Å². The number of benzene rings is 1. The maximum Gasteiger partial charge on any atom is 0.227 e. The van der Waals surface area contributed by atoms with Crippen molar-refractivity contribution in [1.82, 2.24) is 20.2 Å². The second-order valence-corrected chi connectivity index (χ2v) is 10.6. The minimum absolute atomic E-state index is 0.0383. The molecule has 5 rings (SSSR count). The predicted molar refractivity (Wildman–Crippen MR) is 133 cm³/mol. The molecule has 0 radical (unpaired) electrons. The fourth-order valence-electron chi connectivity index (χ4n) is 4.97. The predicted octanol–water partition coefficient (Wildman–Crippen LogP) is 2.86. The van der Waals surface area contributed by atoms with Crippen LogP contribution in [0.3, 0.4) is 0 Å². The third kappa shape index (κ3) is 4.51. The number of aryl methyl sites for hydroxylation is 1. The monoisotopic (exact) mass is 481 g/mol. The van der Waals surface area contributed by atoms with Crippen LogP contribution in [0.2, 0.25) is 0 Å². The van der Waals surface area contributed by atoms with Crippen LogP contribution >= 0.6 is 0 Å². The molecular weight excluding hydrogens is 450 g/mol. The fourth-order valence-corrected chi connectivity index (χ4v) is 6.28. The first-order valence-electron chi connectivity index (χ1n) is 12.1. The number of hydrogen-bond donors (Lipinski definition) is 3. The van der Waals surface area contributed by atoms with Gasteiger partial charge in [-0.3, -0.25) is 14.1 Å². The van der Waals surface area contributed by atoms with Crippen molar-refractivity contribution in [3.05, 3.63) is 35.7 Å². The molecule has 3 aromatic rings. The molecule has 0 aliphatic carbocycles. The number of carbonyl (C=O) groups is 1. The SMILES string of the molecule is CC[C@H](CCC(N)=O)Nc1nc(N2CCC(c3[nH]nc4ccccc34)CC2)nc2c1S(=O)CC2. The Morgan fingerprint density at radius 3 is 2.85 bits per heavy atom. The number of nitrogens with zero attached hydrogens (tertiary/aromatic N) is 4. The number of fused-ring (bicyclic) bond motifs is 2. The van der Waals surface area contributed by atoms with E-state index in [1.54, 1.807) is 0 Å². The molecule has 0 bridgehead atoms. The van der Waals surface area contributed by atoms with E-state index in [-0.39, 0.29) is 11.9 Å². The van der Waals surface area contributed by atoms with Crippen LogP contribution < -0.4 is 16.0 Å². The van der Waals surface area contributed by atoms with Gasteiger partial charge in [0.15, 0.2) is 0 Å². The van der Waals surface area contributed by atoms with Gasteiger partial charge in [0, 0.05) is 54.7 Å². The van der Waals surface area contributed by atoms with Crippen molar-refractivity contribution >= 4 is 39.4 Å². The lowest BCUT2D eigenvalue weighted by Crippen LogP contribution is -2.35. The van der Waals surface area contributed by atoms with E-state index in [0.717, 1.165) is 48.5 Å². The number of piperidine rings is 1. The Kier molecular flexibility index (Phi) is 6.49. The quantitative estimate of drug-likeness (QED) is 0.451. The summed E-state index contributed by atoms with van der Waals surface area (Å²) in [7, 11) is -1.10. The molecule has 0 saturated carbocycles. The minimum atomic E-state index is -1.10. The van der Waals surface area contributed by atoms with Gasteiger partial charge < -0.3 is 16.0 Å². The molecule has 9 nitrogen and oxygen atoms in total. The maximum atomic E-state index is 12.7. The summed E-state index contributed by atoms with van der Waals surface area (Å²) >= 11 is 0. The Morgan fingerprint density at radius 2 is 2.09 bits per heavy atom. The van der Waals surface area contributed by atoms with E-state index in [0.29, 0.717) is 42.7 Å². The zero-order chi connectivity index (χ0) is 23.7. The van der Waals surface area contributed by atoms with E-state index in [4.69, 9.17) is 15.7 Å². The van der Waals surface area contributed by atoms with Crippen LogP contribution in [0.4, 0.5) is 11.8 Å². The zero-order valence-corrected chi connectivity index (χ0v) is 20.2. The van der Waals surface area contributed by atoms with Gasteiger partial charge in [0.2, 0.25) is 11.9 Å². The summed E-state index contributed by atoms with van der Waals surface area (Å²) in [4.78, 5) is 23.9. The molecule has 10 heteroatoms. The van der Waals surface area contributed by atoms with Crippen molar-refractivity contribution < 1.29 is 9.00 Å². The fraction of sp³-hybridized carbons (Fsp3) is 0.500. The van der Waals surface area contributed by atoms with Crippen LogP contribution in [0.5, 0.6) is 0 Å². The van der Waals surface area contributed by atoms with Gasteiger partial charge in [-0.05, 0) is 31.7 Å². The topological polar surface area (TPSA) is 130 Å². The van der Waals surface area contributed by atoms with Gasteiger partial charge in [-0.2, -0.15) is 10.1 Å². The summed E-state index contributed by atoms with van der Waals surface area (Å²) in [5.41, 5.74) is 8.44. The average Bonchev–Trinajstić information content (AvgIpc) is 3.45. The minimum Gasteiger partial charge on any atom is -0.370 e. The van der Waals surface area contributed by atoms with Gasteiger partial charge in [-0.15, -0.1) is 0 Å². The largest absolute Gasteiger partial charge is 0.370 e. The highest BCUT2D eigenvalue weighted by molar-refractivity contribution is 7.85. The molecule has 2 aromatic heterocycles. The number of primary amides is 1. The highest BCUT2D eigenvalue weighted by Gasteiger charge is 2.30. The van der Waals surface area contributed by atoms with E-state index < -0.39 is 10.8 Å². The van der Waals surface area contributed by atoms with E-state index >= 15 is 0 Å². The Hall–Kier alpha value is -3.01. The molecule has 2 atom stereocenters. The number of aromatic nitrogens is 4. The Bertz CT molecular complexity index is 1220. The Balaban J connectivity index is 1.34. The Labute approximate surface area is 201 Å². The van der Waals surface area contributed by atoms with Crippen molar-refractivity contribution in [2.75, 3.05) is 29.1 Å². The molecule has 4 heterocycles. The standard InChI is InChI=1S/C24H31N7O2S/c1-2-16(7-8-20(25)32)26-23-22-19(11-14-34(22)33)27-24(28-23)31-12-9-15(10-13-31)21-17-5-3-4-6-18(17)29-30-21/h3-6,15-16H,2,7-14H2,1H3,(H2,25,32)(H,29,30)(H,26,27,28)/t16-,34?/m1/s1. The second kappa shape index (κ2) is 9.69. The van der Waals surface area contributed by atoms with Crippen LogP contribution in [-0.2, 0) is 22.0 Å². The van der Waals surface area contributed by atoms with E-state index in [1.807, 2.05) is 12.1 Å². The second-order valence-electron chi connectivity index (χ2n) is 9.12. The normalized spacial score (nSPS) is 19.3. The third-order valence-corrected chi connectivity index (χ3v) is 8.39. The number of anilines is 2. The van der Waals surface area contributed by atoms with Crippen molar-refractivity contribution in [3.8, 4) is 0 Å². The number of para-hydroxylation sites is 1. The number of aromatic amines is 1. The van der Waals surface area contributed by atoms with Crippen molar-refractivity contribution in [3.63, 3.8) is 0 Å². The molecule has 1 unspecified atom stereocenters. The zero-order valence-electron chi connectivity index (χ0n) is 19.4. The molecule has 4 N–H and O–H groups in total. The van der Waals surface area contributed by atoms with E-state index in [2.05, 4.69) is 39.5 Å².